The standard InChI is InChI=1S/C18H20N4OS2/c19-10-14-13-4-2-1-3-5-15(13)25-17(14)21-16(23)11-24-18-20-8-9-22(18)12-6-7-12/h8-9,12H,1-7,11H2,(H,21,23). The first-order valence-corrected chi connectivity index (χ1v) is 10.6. The van der Waals surface area contributed by atoms with Gasteiger partial charge in [-0.05, 0) is 44.1 Å². The average Bonchev–Trinajstić information content (AvgIpc) is 3.32. The maximum atomic E-state index is 12.4. The van der Waals surface area contributed by atoms with Crippen LogP contribution in [-0.4, -0.2) is 21.2 Å². The van der Waals surface area contributed by atoms with Crippen LogP contribution in [0, 0.1) is 11.3 Å². The number of nitriles is 1. The van der Waals surface area contributed by atoms with E-state index >= 15 is 0 Å². The number of rotatable bonds is 5. The molecule has 0 bridgehead atoms. The van der Waals surface area contributed by atoms with Gasteiger partial charge in [0.1, 0.15) is 11.1 Å². The number of imidazole rings is 1. The molecule has 0 aliphatic heterocycles. The van der Waals surface area contributed by atoms with Gasteiger partial charge in [-0.2, -0.15) is 5.26 Å². The number of thiophene rings is 1. The Kier molecular flexibility index (Phi) is 4.82. The summed E-state index contributed by atoms with van der Waals surface area (Å²) < 4.78 is 2.16. The number of nitrogens with zero attached hydrogens (tertiary/aromatic N) is 3. The molecule has 5 nitrogen and oxygen atoms in total. The van der Waals surface area contributed by atoms with Gasteiger partial charge in [-0.25, -0.2) is 4.98 Å². The number of aromatic nitrogens is 2. The Morgan fingerprint density at radius 2 is 2.24 bits per heavy atom. The predicted molar refractivity (Wildman–Crippen MR) is 100 cm³/mol. The largest absolute Gasteiger partial charge is 0.323 e. The van der Waals surface area contributed by atoms with Crippen molar-refractivity contribution < 1.29 is 4.79 Å². The number of hydrogen-bond donors (Lipinski definition) is 1. The lowest BCUT2D eigenvalue weighted by Gasteiger charge is -2.06. The Morgan fingerprint density at radius 1 is 1.40 bits per heavy atom. The molecule has 0 saturated heterocycles. The third-order valence-electron chi connectivity index (χ3n) is 4.69. The van der Waals surface area contributed by atoms with Gasteiger partial charge in [0.2, 0.25) is 5.91 Å². The monoisotopic (exact) mass is 372 g/mol. The lowest BCUT2D eigenvalue weighted by Crippen LogP contribution is -2.14. The van der Waals surface area contributed by atoms with E-state index in [1.165, 1.54) is 42.3 Å². The summed E-state index contributed by atoms with van der Waals surface area (Å²) in [6, 6.07) is 2.87. The first-order chi connectivity index (χ1) is 12.3. The molecule has 130 valence electrons. The van der Waals surface area contributed by atoms with E-state index in [-0.39, 0.29) is 5.91 Å². The second-order valence-electron chi connectivity index (χ2n) is 6.57. The second-order valence-corrected chi connectivity index (χ2v) is 8.61. The average molecular weight is 373 g/mol. The lowest BCUT2D eigenvalue weighted by molar-refractivity contribution is -0.113. The number of carbonyl (C=O) groups is 1. The Morgan fingerprint density at radius 3 is 3.04 bits per heavy atom. The molecule has 2 aromatic heterocycles. The van der Waals surface area contributed by atoms with Crippen molar-refractivity contribution in [2.75, 3.05) is 11.1 Å². The van der Waals surface area contributed by atoms with Crippen molar-refractivity contribution in [3.8, 4) is 6.07 Å². The molecular weight excluding hydrogens is 352 g/mol. The number of anilines is 1. The molecule has 2 aliphatic rings. The van der Waals surface area contributed by atoms with Gasteiger partial charge in [0, 0.05) is 23.3 Å². The molecule has 0 spiro atoms. The number of nitrogens with one attached hydrogen (secondary N) is 1. The van der Waals surface area contributed by atoms with Crippen LogP contribution in [-0.2, 0) is 17.6 Å². The second kappa shape index (κ2) is 7.22. The Labute approximate surface area is 155 Å². The lowest BCUT2D eigenvalue weighted by atomic mass is 10.1. The topological polar surface area (TPSA) is 70.7 Å². The molecule has 1 saturated carbocycles. The SMILES string of the molecule is N#Cc1c(NC(=O)CSc2nccn2C2CC2)sc2c1CCCCC2. The first kappa shape index (κ1) is 16.7. The van der Waals surface area contributed by atoms with Gasteiger partial charge in [-0.15, -0.1) is 11.3 Å². The Bertz CT molecular complexity index is 829. The maximum absolute atomic E-state index is 12.4. The van der Waals surface area contributed by atoms with E-state index in [1.54, 1.807) is 17.5 Å². The summed E-state index contributed by atoms with van der Waals surface area (Å²) in [5.41, 5.74) is 1.84. The van der Waals surface area contributed by atoms with Gasteiger partial charge in [-0.3, -0.25) is 4.79 Å². The minimum Gasteiger partial charge on any atom is -0.323 e. The zero-order valence-electron chi connectivity index (χ0n) is 14.0. The molecule has 1 fully saturated rings. The maximum Gasteiger partial charge on any atom is 0.235 e. The molecule has 7 heteroatoms. The van der Waals surface area contributed by atoms with Crippen molar-refractivity contribution in [1.29, 1.82) is 5.26 Å². The van der Waals surface area contributed by atoms with Crippen LogP contribution in [0.3, 0.4) is 0 Å². The van der Waals surface area contributed by atoms with Crippen molar-refractivity contribution in [2.24, 2.45) is 0 Å². The van der Waals surface area contributed by atoms with Gasteiger partial charge in [-0.1, -0.05) is 18.2 Å². The van der Waals surface area contributed by atoms with Gasteiger partial charge < -0.3 is 9.88 Å². The molecule has 4 rings (SSSR count). The number of aryl methyl sites for hydroxylation is 1. The first-order valence-electron chi connectivity index (χ1n) is 8.76. The summed E-state index contributed by atoms with van der Waals surface area (Å²) in [4.78, 5) is 18.0. The van der Waals surface area contributed by atoms with E-state index in [0.29, 0.717) is 17.4 Å². The number of hydrogen-bond acceptors (Lipinski definition) is 5. The summed E-state index contributed by atoms with van der Waals surface area (Å²) in [7, 11) is 0. The number of carbonyl (C=O) groups excluding carboxylic acids is 1. The van der Waals surface area contributed by atoms with Crippen LogP contribution in [0.5, 0.6) is 0 Å². The fraction of sp³-hybridized carbons (Fsp3) is 0.500. The molecule has 25 heavy (non-hydrogen) atoms. The molecule has 0 atom stereocenters. The van der Waals surface area contributed by atoms with E-state index in [9.17, 15) is 10.1 Å². The highest BCUT2D eigenvalue weighted by molar-refractivity contribution is 7.99. The molecule has 1 amide bonds. The minimum atomic E-state index is -0.0664. The Hall–Kier alpha value is -1.78. The highest BCUT2D eigenvalue weighted by Crippen LogP contribution is 2.38. The summed E-state index contributed by atoms with van der Waals surface area (Å²) in [6.45, 7) is 0. The third-order valence-corrected chi connectivity index (χ3v) is 6.88. The van der Waals surface area contributed by atoms with Crippen LogP contribution in [0.25, 0.3) is 0 Å². The third kappa shape index (κ3) is 3.60. The smallest absolute Gasteiger partial charge is 0.235 e. The normalized spacial score (nSPS) is 16.8. The van der Waals surface area contributed by atoms with E-state index in [4.69, 9.17) is 0 Å². The van der Waals surface area contributed by atoms with Crippen LogP contribution < -0.4 is 5.32 Å². The number of fused-ring (bicyclic) bond motifs is 1. The van der Waals surface area contributed by atoms with E-state index in [1.807, 2.05) is 6.20 Å². The summed E-state index contributed by atoms with van der Waals surface area (Å²) in [5.74, 6) is 0.250. The molecule has 0 unspecified atom stereocenters. The molecule has 2 aliphatic carbocycles. The fourth-order valence-electron chi connectivity index (χ4n) is 3.28. The van der Waals surface area contributed by atoms with Crippen molar-refractivity contribution in [3.05, 3.63) is 28.4 Å². The van der Waals surface area contributed by atoms with Crippen LogP contribution in [0.15, 0.2) is 17.6 Å². The van der Waals surface area contributed by atoms with Gasteiger partial charge >= 0.3 is 0 Å². The summed E-state index contributed by atoms with van der Waals surface area (Å²) in [5, 5.41) is 14.1. The van der Waals surface area contributed by atoms with Crippen molar-refractivity contribution in [3.63, 3.8) is 0 Å². The highest BCUT2D eigenvalue weighted by atomic mass is 32.2. The van der Waals surface area contributed by atoms with Gasteiger partial charge in [0.25, 0.3) is 0 Å². The van der Waals surface area contributed by atoms with Crippen molar-refractivity contribution >= 4 is 34.0 Å². The van der Waals surface area contributed by atoms with E-state index in [2.05, 4.69) is 20.9 Å². The molecule has 1 N–H and O–H groups in total. The fourth-order valence-corrected chi connectivity index (χ4v) is 5.37. The van der Waals surface area contributed by atoms with E-state index in [0.717, 1.165) is 35.0 Å². The van der Waals surface area contributed by atoms with Crippen LogP contribution >= 0.6 is 23.1 Å². The molecule has 0 radical (unpaired) electrons. The summed E-state index contributed by atoms with van der Waals surface area (Å²) in [6.07, 6.45) is 11.7. The highest BCUT2D eigenvalue weighted by Gasteiger charge is 2.26. The van der Waals surface area contributed by atoms with Crippen LogP contribution in [0.1, 0.15) is 54.1 Å². The quantitative estimate of drug-likeness (QED) is 0.632. The van der Waals surface area contributed by atoms with Gasteiger partial charge in [0.05, 0.1) is 11.3 Å². The molecular formula is C18H20N4OS2. The Balaban J connectivity index is 1.42. The van der Waals surface area contributed by atoms with Crippen LogP contribution in [0.4, 0.5) is 5.00 Å². The molecule has 2 heterocycles. The van der Waals surface area contributed by atoms with Crippen molar-refractivity contribution in [2.45, 2.75) is 56.1 Å². The number of amides is 1. The molecule has 0 aromatic carbocycles. The minimum absolute atomic E-state index is 0.0664. The predicted octanol–water partition coefficient (Wildman–Crippen LogP) is 4.15. The summed E-state index contributed by atoms with van der Waals surface area (Å²) >= 11 is 3.05. The number of thioether (sulfide) groups is 1. The molecule has 2 aromatic rings. The zero-order valence-corrected chi connectivity index (χ0v) is 15.6. The van der Waals surface area contributed by atoms with Crippen molar-refractivity contribution in [1.82, 2.24) is 9.55 Å². The van der Waals surface area contributed by atoms with Crippen LogP contribution in [0.2, 0.25) is 0 Å². The van der Waals surface area contributed by atoms with Gasteiger partial charge in [0.15, 0.2) is 5.16 Å². The zero-order chi connectivity index (χ0) is 17.2. The van der Waals surface area contributed by atoms with E-state index < -0.39 is 0 Å².